The van der Waals surface area contributed by atoms with Crippen molar-refractivity contribution in [3.8, 4) is 0 Å². The highest BCUT2D eigenvalue weighted by atomic mass is 79.9. The number of halogens is 1. The highest BCUT2D eigenvalue weighted by Crippen LogP contribution is 2.38. The van der Waals surface area contributed by atoms with E-state index in [4.69, 9.17) is 0 Å². The molecule has 0 saturated heterocycles. The Morgan fingerprint density at radius 2 is 2.29 bits per heavy atom. The highest BCUT2D eigenvalue weighted by molar-refractivity contribution is 9.10. The Hall–Kier alpha value is -0.950. The van der Waals surface area contributed by atoms with E-state index in [0.717, 1.165) is 20.2 Å². The first-order chi connectivity index (χ1) is 8.24. The molecular formula is C10H10BrN5S. The minimum absolute atomic E-state index is 0.483. The smallest absolute Gasteiger partial charge is 0.215 e. The molecule has 0 unspecified atom stereocenters. The number of hydrogen-bond donors (Lipinski definition) is 0. The summed E-state index contributed by atoms with van der Waals surface area (Å²) in [6, 6.07) is 2.53. The quantitative estimate of drug-likeness (QED) is 0.872. The molecule has 5 nitrogen and oxygen atoms in total. The van der Waals surface area contributed by atoms with E-state index in [2.05, 4.69) is 36.4 Å². The van der Waals surface area contributed by atoms with Crippen molar-refractivity contribution in [1.82, 2.24) is 25.2 Å². The van der Waals surface area contributed by atoms with Crippen molar-refractivity contribution in [1.29, 1.82) is 0 Å². The lowest BCUT2D eigenvalue weighted by Gasteiger charge is -2.04. The first-order valence-electron chi connectivity index (χ1n) is 5.32. The summed E-state index contributed by atoms with van der Waals surface area (Å²) in [4.78, 5) is 4.38. The number of pyridine rings is 1. The fraction of sp³-hybridized carbons (Fsp3) is 0.400. The van der Waals surface area contributed by atoms with Crippen molar-refractivity contribution in [3.05, 3.63) is 22.3 Å². The largest absolute Gasteiger partial charge is 0.248 e. The van der Waals surface area contributed by atoms with E-state index < -0.39 is 0 Å². The predicted octanol–water partition coefficient (Wildman–Crippen LogP) is 2.63. The summed E-state index contributed by atoms with van der Waals surface area (Å²) in [5, 5.41) is 13.5. The highest BCUT2D eigenvalue weighted by Gasteiger charge is 2.28. The van der Waals surface area contributed by atoms with E-state index in [1.54, 1.807) is 0 Å². The van der Waals surface area contributed by atoms with Crippen molar-refractivity contribution >= 4 is 27.7 Å². The van der Waals surface area contributed by atoms with Crippen molar-refractivity contribution in [2.24, 2.45) is 0 Å². The first kappa shape index (κ1) is 11.2. The van der Waals surface area contributed by atoms with Crippen molar-refractivity contribution in [2.45, 2.75) is 36.0 Å². The normalized spacial score (nSPS) is 15.2. The van der Waals surface area contributed by atoms with E-state index in [0.29, 0.717) is 6.04 Å². The Labute approximate surface area is 111 Å². The molecule has 0 aliphatic heterocycles. The standard InChI is InChI=1S/C10H10BrN5S/c1-6-4-8(11)9(12-5-6)17-10-13-14-15-16(10)7-2-3-7/h4-5,7H,2-3H2,1H3. The van der Waals surface area contributed by atoms with Gasteiger partial charge in [-0.1, -0.05) is 0 Å². The molecule has 17 heavy (non-hydrogen) atoms. The molecule has 0 atom stereocenters. The molecule has 2 aromatic rings. The molecular weight excluding hydrogens is 302 g/mol. The average molecular weight is 312 g/mol. The monoisotopic (exact) mass is 311 g/mol. The topological polar surface area (TPSA) is 56.5 Å². The maximum atomic E-state index is 4.38. The number of tetrazole rings is 1. The van der Waals surface area contributed by atoms with Gasteiger partial charge in [0.05, 0.1) is 10.5 Å². The molecule has 2 heterocycles. The molecule has 0 amide bonds. The minimum atomic E-state index is 0.483. The van der Waals surface area contributed by atoms with Crippen LogP contribution < -0.4 is 0 Å². The zero-order valence-corrected chi connectivity index (χ0v) is 11.6. The van der Waals surface area contributed by atoms with Crippen LogP contribution in [0.4, 0.5) is 0 Å². The van der Waals surface area contributed by atoms with E-state index >= 15 is 0 Å². The summed E-state index contributed by atoms with van der Waals surface area (Å²) < 4.78 is 2.87. The van der Waals surface area contributed by atoms with E-state index in [1.807, 2.05) is 23.9 Å². The maximum absolute atomic E-state index is 4.38. The van der Waals surface area contributed by atoms with Crippen LogP contribution in [0.15, 0.2) is 26.9 Å². The van der Waals surface area contributed by atoms with E-state index in [9.17, 15) is 0 Å². The SMILES string of the molecule is Cc1cnc(Sc2nnnn2C2CC2)c(Br)c1. The lowest BCUT2D eigenvalue weighted by atomic mass is 10.3. The summed E-state index contributed by atoms with van der Waals surface area (Å²) in [6.07, 6.45) is 4.18. The molecule has 1 aliphatic carbocycles. The zero-order valence-electron chi connectivity index (χ0n) is 9.17. The van der Waals surface area contributed by atoms with Crippen LogP contribution in [0.5, 0.6) is 0 Å². The van der Waals surface area contributed by atoms with E-state index in [-0.39, 0.29) is 0 Å². The summed E-state index contributed by atoms with van der Waals surface area (Å²) >= 11 is 5.00. The first-order valence-corrected chi connectivity index (χ1v) is 6.93. The zero-order chi connectivity index (χ0) is 11.8. The second-order valence-electron chi connectivity index (χ2n) is 4.04. The molecule has 0 bridgehead atoms. The molecule has 0 spiro atoms. The van der Waals surface area contributed by atoms with Gasteiger partial charge in [0.2, 0.25) is 5.16 Å². The van der Waals surface area contributed by atoms with Crippen LogP contribution in [0.2, 0.25) is 0 Å². The summed E-state index contributed by atoms with van der Waals surface area (Å²) in [6.45, 7) is 2.01. The molecule has 1 fully saturated rings. The average Bonchev–Trinajstić information content (AvgIpc) is 3.03. The molecule has 1 saturated carbocycles. The van der Waals surface area contributed by atoms with Crippen LogP contribution in [-0.2, 0) is 0 Å². The number of nitrogens with zero attached hydrogens (tertiary/aromatic N) is 5. The fourth-order valence-corrected chi connectivity index (χ4v) is 2.98. The fourth-order valence-electron chi connectivity index (χ4n) is 1.48. The van der Waals surface area contributed by atoms with Gasteiger partial charge >= 0.3 is 0 Å². The van der Waals surface area contributed by atoms with Gasteiger partial charge in [0.15, 0.2) is 0 Å². The Morgan fingerprint density at radius 1 is 1.47 bits per heavy atom. The summed E-state index contributed by atoms with van der Waals surface area (Å²) in [5.74, 6) is 0. The number of aryl methyl sites for hydroxylation is 1. The maximum Gasteiger partial charge on any atom is 0.215 e. The van der Waals surface area contributed by atoms with Gasteiger partial charge in [0, 0.05) is 6.20 Å². The van der Waals surface area contributed by atoms with Gasteiger partial charge < -0.3 is 0 Å². The Bertz CT molecular complexity index is 551. The van der Waals surface area contributed by atoms with Crippen LogP contribution in [0.25, 0.3) is 0 Å². The molecule has 1 aliphatic rings. The Balaban J connectivity index is 1.88. The van der Waals surface area contributed by atoms with Crippen molar-refractivity contribution in [3.63, 3.8) is 0 Å². The Kier molecular flexibility index (Phi) is 2.87. The van der Waals surface area contributed by atoms with Gasteiger partial charge in [-0.25, -0.2) is 9.67 Å². The molecule has 88 valence electrons. The van der Waals surface area contributed by atoms with Crippen molar-refractivity contribution in [2.75, 3.05) is 0 Å². The van der Waals surface area contributed by atoms with Crippen LogP contribution in [0.3, 0.4) is 0 Å². The van der Waals surface area contributed by atoms with Crippen LogP contribution in [-0.4, -0.2) is 25.2 Å². The molecule has 0 radical (unpaired) electrons. The third-order valence-electron chi connectivity index (χ3n) is 2.49. The lowest BCUT2D eigenvalue weighted by molar-refractivity contribution is 0.565. The van der Waals surface area contributed by atoms with Gasteiger partial charge in [-0.15, -0.1) is 5.10 Å². The lowest BCUT2D eigenvalue weighted by Crippen LogP contribution is -1.99. The van der Waals surface area contributed by atoms with Gasteiger partial charge in [-0.2, -0.15) is 0 Å². The molecule has 0 N–H and O–H groups in total. The van der Waals surface area contributed by atoms with E-state index in [1.165, 1.54) is 24.6 Å². The number of hydrogen-bond acceptors (Lipinski definition) is 5. The molecule has 0 aromatic carbocycles. The Morgan fingerprint density at radius 3 is 3.00 bits per heavy atom. The third-order valence-corrected chi connectivity index (χ3v) is 4.32. The summed E-state index contributed by atoms with van der Waals surface area (Å²) in [5.41, 5.74) is 1.13. The van der Waals surface area contributed by atoms with Crippen LogP contribution >= 0.6 is 27.7 Å². The third kappa shape index (κ3) is 2.35. The number of aromatic nitrogens is 5. The second-order valence-corrected chi connectivity index (χ2v) is 5.85. The molecule has 7 heteroatoms. The van der Waals surface area contributed by atoms with Crippen LogP contribution in [0.1, 0.15) is 24.4 Å². The van der Waals surface area contributed by atoms with Crippen molar-refractivity contribution < 1.29 is 0 Å². The van der Waals surface area contributed by atoms with Crippen LogP contribution in [0, 0.1) is 6.92 Å². The second kappa shape index (κ2) is 4.38. The molecule has 3 rings (SSSR count). The van der Waals surface area contributed by atoms with Gasteiger partial charge in [0.1, 0.15) is 5.03 Å². The van der Waals surface area contributed by atoms with Gasteiger partial charge in [-0.3, -0.25) is 0 Å². The number of rotatable bonds is 3. The molecule has 2 aromatic heterocycles. The predicted molar refractivity (Wildman–Crippen MR) is 66.9 cm³/mol. The summed E-state index contributed by atoms with van der Waals surface area (Å²) in [7, 11) is 0. The van der Waals surface area contributed by atoms with Gasteiger partial charge in [-0.05, 0) is 69.5 Å². The minimum Gasteiger partial charge on any atom is -0.248 e. The van der Waals surface area contributed by atoms with Gasteiger partial charge in [0.25, 0.3) is 0 Å².